The van der Waals surface area contributed by atoms with Crippen LogP contribution in [0.4, 0.5) is 0 Å². The number of H-pyrrole nitrogens is 2. The van der Waals surface area contributed by atoms with Crippen molar-refractivity contribution in [2.75, 3.05) is 6.54 Å². The summed E-state index contributed by atoms with van der Waals surface area (Å²) in [6.07, 6.45) is 21.0. The molecule has 14 nitrogen and oxygen atoms in total. The van der Waals surface area contributed by atoms with Gasteiger partial charge in [0.25, 0.3) is 0 Å². The van der Waals surface area contributed by atoms with Gasteiger partial charge in [-0.2, -0.15) is 14.6 Å². The zero-order valence-corrected chi connectivity index (χ0v) is 66.7. The Hall–Kier alpha value is -5.65. The summed E-state index contributed by atoms with van der Waals surface area (Å²) in [5.74, 6) is 6.75. The molecular weight excluding hydrogens is 1180 g/mol. The lowest BCUT2D eigenvalue weighted by Gasteiger charge is -1.98. The predicted octanol–water partition coefficient (Wildman–Crippen LogP) is 26.1. The second-order valence-corrected chi connectivity index (χ2v) is 21.3. The molecule has 0 bridgehead atoms. The first-order valence-corrected chi connectivity index (χ1v) is 36.2. The zero-order valence-electron chi connectivity index (χ0n) is 64.3. The standard InChI is InChI=1S/C7H11N.2C6H10N2.3C6H9NO.3C6H9NS.9C2H6/c1-6(2)7-3-4-8-5-7;2*1-5(2)6-3-4-7-8-6;1-5(2)6-3-8-4-7-6;1-5(2)6-3-7-4-8-6;1-5(2)6-7-3-4-8-6;1-5(2)6-3-7-8-4-6;1-5(2)6-3-4-8-7-6;1-5(2)6-3-4-7-8-6;9*1-2/h3,5-6H,4H2,1-2H3;2*3-5H,1-2H3,(H,7,8);6*3-5H,1-2H3;9*1-2H3. The van der Waals surface area contributed by atoms with Crippen LogP contribution in [-0.4, -0.2) is 61.2 Å². The molecule has 0 spiro atoms. The molecular formula is C73H139N11O3S3. The normalized spacial score (nSPS) is 9.54. The summed E-state index contributed by atoms with van der Waals surface area (Å²) < 4.78 is 26.9. The topological polar surface area (TPSA) is 186 Å². The Kier molecular flexibility index (Phi) is 91.1. The van der Waals surface area contributed by atoms with Crippen molar-refractivity contribution in [3.63, 3.8) is 0 Å². The molecule has 522 valence electrons. The van der Waals surface area contributed by atoms with Crippen molar-refractivity contribution in [3.8, 4) is 0 Å². The van der Waals surface area contributed by atoms with Crippen molar-refractivity contribution in [1.29, 1.82) is 0 Å². The number of rotatable bonds is 9. The summed E-state index contributed by atoms with van der Waals surface area (Å²) in [4.78, 5) is 17.1. The molecule has 0 atom stereocenters. The fourth-order valence-electron chi connectivity index (χ4n) is 5.01. The number of aromatic nitrogens is 10. The lowest BCUT2D eigenvalue weighted by molar-refractivity contribution is 0.471. The number of hydrogen-bond donors (Lipinski definition) is 2. The number of nitrogens with zero attached hydrogens (tertiary/aromatic N) is 9. The number of nitrogens with one attached hydrogen (secondary N) is 2. The van der Waals surface area contributed by atoms with E-state index in [1.165, 1.54) is 68.9 Å². The summed E-state index contributed by atoms with van der Waals surface area (Å²) in [5, 5.41) is 17.5. The van der Waals surface area contributed by atoms with Gasteiger partial charge in [-0.05, 0) is 111 Å². The first-order chi connectivity index (χ1) is 43.2. The minimum Gasteiger partial charge on any atom is -0.451 e. The molecule has 0 aliphatic carbocycles. The van der Waals surface area contributed by atoms with Crippen molar-refractivity contribution in [3.05, 3.63) is 154 Å². The van der Waals surface area contributed by atoms with Crippen molar-refractivity contribution >= 4 is 40.8 Å². The molecule has 9 rings (SSSR count). The van der Waals surface area contributed by atoms with E-state index in [1.54, 1.807) is 48.8 Å². The molecule has 1 aliphatic rings. The lowest BCUT2D eigenvalue weighted by atomic mass is 10.1. The number of allylic oxidation sites excluding steroid dienone is 1. The zero-order chi connectivity index (χ0) is 71.8. The minimum absolute atomic E-state index is 0.407. The van der Waals surface area contributed by atoms with E-state index >= 15 is 0 Å². The predicted molar refractivity (Wildman–Crippen MR) is 404 cm³/mol. The SMILES string of the molecule is CC.CC.CC.CC.CC.CC.CC.CC.CC.CC(C)C1=CCN=C1.CC(C)c1ccn[nH]1.CC(C)c1ccn[nH]1.CC(C)c1ccns1.CC(C)c1ccsn1.CC(C)c1cnco1.CC(C)c1cnsc1.CC(C)c1cocn1.CC(C)c1ncco1. The quantitative estimate of drug-likeness (QED) is 0.140. The monoisotopic (exact) mass is 1310 g/mol. The molecule has 1 aliphatic heterocycles. The van der Waals surface area contributed by atoms with Crippen LogP contribution in [-0.2, 0) is 0 Å². The van der Waals surface area contributed by atoms with Crippen LogP contribution in [0.2, 0.25) is 0 Å². The molecule has 9 heterocycles. The molecule has 0 unspecified atom stereocenters. The highest BCUT2D eigenvalue weighted by Gasteiger charge is 2.04. The Labute approximate surface area is 567 Å². The Balaban J connectivity index is -0.000000113. The van der Waals surface area contributed by atoms with Crippen LogP contribution < -0.4 is 0 Å². The van der Waals surface area contributed by atoms with Crippen LogP contribution in [0.3, 0.4) is 0 Å². The Bertz CT molecular complexity index is 1910. The van der Waals surface area contributed by atoms with E-state index in [9.17, 15) is 0 Å². The average molecular weight is 1320 g/mol. The summed E-state index contributed by atoms with van der Waals surface area (Å²) in [5.41, 5.74) is 7.34. The van der Waals surface area contributed by atoms with E-state index in [1.807, 2.05) is 175 Å². The maximum absolute atomic E-state index is 4.98. The molecule has 0 aromatic carbocycles. The smallest absolute Gasteiger partial charge is 0.196 e. The summed E-state index contributed by atoms with van der Waals surface area (Å²) >= 11 is 4.62. The third kappa shape index (κ3) is 62.5. The van der Waals surface area contributed by atoms with Gasteiger partial charge in [0.15, 0.2) is 18.7 Å². The molecule has 2 N–H and O–H groups in total. The number of aromatic amines is 2. The molecule has 0 radical (unpaired) electrons. The molecule has 8 aromatic heterocycles. The van der Waals surface area contributed by atoms with E-state index in [0.717, 1.165) is 23.9 Å². The van der Waals surface area contributed by atoms with Crippen LogP contribution in [0, 0.1) is 5.92 Å². The largest absolute Gasteiger partial charge is 0.451 e. The van der Waals surface area contributed by atoms with E-state index in [2.05, 4.69) is 188 Å². The summed E-state index contributed by atoms with van der Waals surface area (Å²) in [6, 6.07) is 8.11. The summed E-state index contributed by atoms with van der Waals surface area (Å²) in [7, 11) is 0. The highest BCUT2D eigenvalue weighted by Crippen LogP contribution is 2.17. The maximum Gasteiger partial charge on any atom is 0.196 e. The van der Waals surface area contributed by atoms with Crippen LogP contribution in [0.25, 0.3) is 0 Å². The van der Waals surface area contributed by atoms with Gasteiger partial charge in [0, 0.05) is 69.9 Å². The molecule has 0 saturated heterocycles. The highest BCUT2D eigenvalue weighted by atomic mass is 32.1. The molecule has 8 aromatic rings. The molecule has 90 heavy (non-hydrogen) atoms. The Morgan fingerprint density at radius 1 is 0.456 bits per heavy atom. The van der Waals surface area contributed by atoms with Gasteiger partial charge < -0.3 is 13.3 Å². The highest BCUT2D eigenvalue weighted by molar-refractivity contribution is 7.05. The van der Waals surface area contributed by atoms with Crippen molar-refractivity contribution in [2.24, 2.45) is 10.9 Å². The van der Waals surface area contributed by atoms with Crippen LogP contribution in [0.15, 0.2) is 127 Å². The molecule has 0 fully saturated rings. The second kappa shape index (κ2) is 79.4. The van der Waals surface area contributed by atoms with Gasteiger partial charge >= 0.3 is 0 Å². The van der Waals surface area contributed by atoms with E-state index in [-0.39, 0.29) is 0 Å². The molecule has 17 heteroatoms. The van der Waals surface area contributed by atoms with Gasteiger partial charge in [-0.1, -0.05) is 255 Å². The van der Waals surface area contributed by atoms with Crippen molar-refractivity contribution in [1.82, 2.24) is 48.5 Å². The van der Waals surface area contributed by atoms with E-state index in [4.69, 9.17) is 13.3 Å². The fraction of sp³-hybridized carbons (Fsp3) is 0.630. The number of hydrogen-bond acceptors (Lipinski definition) is 15. The van der Waals surface area contributed by atoms with Crippen molar-refractivity contribution < 1.29 is 13.3 Å². The number of oxazole rings is 3. The fourth-order valence-corrected chi connectivity index (χ4v) is 6.94. The Morgan fingerprint density at radius 3 is 1.16 bits per heavy atom. The van der Waals surface area contributed by atoms with Gasteiger partial charge in [0.2, 0.25) is 0 Å². The van der Waals surface area contributed by atoms with Gasteiger partial charge in [-0.15, -0.1) is 0 Å². The van der Waals surface area contributed by atoms with Crippen LogP contribution in [0.1, 0.15) is 341 Å². The third-order valence-corrected chi connectivity index (χ3v) is 12.1. The minimum atomic E-state index is 0.407. The Morgan fingerprint density at radius 2 is 0.978 bits per heavy atom. The molecule has 0 amide bonds. The first-order valence-electron chi connectivity index (χ1n) is 33.8. The lowest BCUT2D eigenvalue weighted by Crippen LogP contribution is -1.90. The van der Waals surface area contributed by atoms with Gasteiger partial charge in [-0.3, -0.25) is 15.2 Å². The second-order valence-electron chi connectivity index (χ2n) is 19.1. The maximum atomic E-state index is 4.98. The van der Waals surface area contributed by atoms with Gasteiger partial charge in [0.05, 0.1) is 30.3 Å². The summed E-state index contributed by atoms with van der Waals surface area (Å²) in [6.45, 7) is 75.2. The van der Waals surface area contributed by atoms with Gasteiger partial charge in [0.1, 0.15) is 18.3 Å². The third-order valence-electron chi connectivity index (χ3n) is 9.83. The van der Waals surface area contributed by atoms with Crippen LogP contribution in [0.5, 0.6) is 0 Å². The van der Waals surface area contributed by atoms with E-state index in [0.29, 0.717) is 53.3 Å². The van der Waals surface area contributed by atoms with Crippen molar-refractivity contribution in [2.45, 2.75) is 297 Å². The van der Waals surface area contributed by atoms with E-state index < -0.39 is 0 Å². The number of aliphatic imine (C=N–C) groups is 1. The first kappa shape index (κ1) is 103. The van der Waals surface area contributed by atoms with Gasteiger partial charge in [-0.25, -0.2) is 23.7 Å². The van der Waals surface area contributed by atoms with Crippen LogP contribution >= 0.6 is 34.6 Å². The molecule has 0 saturated carbocycles. The average Bonchev–Trinajstić information content (AvgIpc) is 4.50.